The lowest BCUT2D eigenvalue weighted by Gasteiger charge is -2.30. The fraction of sp³-hybridized carbons (Fsp3) is 0.0870. The first-order valence-corrected chi connectivity index (χ1v) is 11.2. The predicted molar refractivity (Wildman–Crippen MR) is 122 cm³/mol. The Morgan fingerprint density at radius 2 is 1.45 bits per heavy atom. The summed E-state index contributed by atoms with van der Waals surface area (Å²) in [5.74, 6) is -1.18. The summed E-state index contributed by atoms with van der Waals surface area (Å²) in [6.07, 6.45) is 1.58. The average Bonchev–Trinajstić information content (AvgIpc) is 3.20. The SMILES string of the molecule is CN1C(=O)C(=Cc2cc3c(s2)N(c2ccccc2)c2ccccc2S3)C(=O)N(C)C1=O. The quantitative estimate of drug-likeness (QED) is 0.315. The van der Waals surface area contributed by atoms with Gasteiger partial charge in [-0.3, -0.25) is 24.3 Å². The Bertz CT molecular complexity index is 1240. The normalized spacial score (nSPS) is 15.9. The fourth-order valence-corrected chi connectivity index (χ4v) is 5.96. The van der Waals surface area contributed by atoms with Crippen molar-refractivity contribution in [2.75, 3.05) is 19.0 Å². The number of amides is 4. The molecule has 1 aromatic heterocycles. The van der Waals surface area contributed by atoms with Gasteiger partial charge in [-0.05, 0) is 36.4 Å². The summed E-state index contributed by atoms with van der Waals surface area (Å²) < 4.78 is 0. The third kappa shape index (κ3) is 3.15. The maximum Gasteiger partial charge on any atom is 0.333 e. The predicted octanol–water partition coefficient (Wildman–Crippen LogP) is 5.12. The van der Waals surface area contributed by atoms with E-state index in [-0.39, 0.29) is 5.57 Å². The van der Waals surface area contributed by atoms with Crippen LogP contribution in [0.3, 0.4) is 0 Å². The lowest BCUT2D eigenvalue weighted by Crippen LogP contribution is -2.52. The number of likely N-dealkylation sites (N-methyl/N-ethyl adjacent to an activating group) is 2. The second kappa shape index (κ2) is 7.40. The van der Waals surface area contributed by atoms with E-state index >= 15 is 0 Å². The first kappa shape index (κ1) is 19.6. The van der Waals surface area contributed by atoms with Crippen LogP contribution in [0, 0.1) is 0 Å². The zero-order valence-electron chi connectivity index (χ0n) is 16.7. The zero-order chi connectivity index (χ0) is 21.7. The van der Waals surface area contributed by atoms with Crippen LogP contribution in [0.15, 0.2) is 76.0 Å². The summed E-state index contributed by atoms with van der Waals surface area (Å²) in [5.41, 5.74) is 2.10. The molecule has 0 saturated carbocycles. The number of rotatable bonds is 2. The number of fused-ring (bicyclic) bond motifs is 2. The number of anilines is 3. The van der Waals surface area contributed by atoms with Gasteiger partial charge in [0.05, 0.1) is 5.69 Å². The molecule has 3 aromatic rings. The van der Waals surface area contributed by atoms with Crippen LogP contribution in [-0.2, 0) is 9.59 Å². The standard InChI is InChI=1S/C23H17N3O3S2/c1-24-20(27)16(21(28)25(2)23(24)29)12-15-13-19-22(30-15)26(14-8-4-3-5-9-14)17-10-6-7-11-18(17)31-19/h3-13H,1-2H3. The van der Waals surface area contributed by atoms with E-state index in [4.69, 9.17) is 0 Å². The van der Waals surface area contributed by atoms with E-state index in [9.17, 15) is 14.4 Å². The molecular formula is C23H17N3O3S2. The van der Waals surface area contributed by atoms with Gasteiger partial charge in [-0.25, -0.2) is 4.79 Å². The Balaban J connectivity index is 1.62. The Kier molecular flexibility index (Phi) is 4.68. The molecule has 8 heteroatoms. The molecule has 6 nitrogen and oxygen atoms in total. The van der Waals surface area contributed by atoms with E-state index in [1.165, 1.54) is 25.4 Å². The smallest absolute Gasteiger partial charge is 0.300 e. The van der Waals surface area contributed by atoms with Gasteiger partial charge in [0, 0.05) is 34.5 Å². The number of barbiturate groups is 1. The van der Waals surface area contributed by atoms with Crippen molar-refractivity contribution in [3.05, 3.63) is 71.1 Å². The van der Waals surface area contributed by atoms with Gasteiger partial charge >= 0.3 is 6.03 Å². The van der Waals surface area contributed by atoms with Gasteiger partial charge in [0.2, 0.25) is 0 Å². The van der Waals surface area contributed by atoms with Crippen LogP contribution in [0.2, 0.25) is 0 Å². The van der Waals surface area contributed by atoms with E-state index in [1.807, 2.05) is 36.4 Å². The van der Waals surface area contributed by atoms with Crippen molar-refractivity contribution < 1.29 is 14.4 Å². The summed E-state index contributed by atoms with van der Waals surface area (Å²) in [6, 6.07) is 19.6. The first-order chi connectivity index (χ1) is 15.0. The van der Waals surface area contributed by atoms with Crippen LogP contribution in [0.5, 0.6) is 0 Å². The Hall–Kier alpha value is -3.36. The number of carbonyl (C=O) groups is 3. The maximum atomic E-state index is 12.6. The molecule has 0 spiro atoms. The van der Waals surface area contributed by atoms with E-state index in [1.54, 1.807) is 17.8 Å². The summed E-state index contributed by atoms with van der Waals surface area (Å²) >= 11 is 3.17. The van der Waals surface area contributed by atoms with Crippen molar-refractivity contribution in [1.82, 2.24) is 9.80 Å². The van der Waals surface area contributed by atoms with Gasteiger partial charge in [0.15, 0.2) is 0 Å². The summed E-state index contributed by atoms with van der Waals surface area (Å²) in [4.78, 5) is 44.2. The van der Waals surface area contributed by atoms with Gasteiger partial charge in [-0.15, -0.1) is 11.3 Å². The molecule has 0 bridgehead atoms. The highest BCUT2D eigenvalue weighted by Gasteiger charge is 2.38. The number of nitrogens with zero attached hydrogens (tertiary/aromatic N) is 3. The third-order valence-corrected chi connectivity index (χ3v) is 7.47. The Morgan fingerprint density at radius 3 is 2.16 bits per heavy atom. The maximum absolute atomic E-state index is 12.6. The Morgan fingerprint density at radius 1 is 0.806 bits per heavy atom. The molecule has 2 aliphatic heterocycles. The molecule has 31 heavy (non-hydrogen) atoms. The van der Waals surface area contributed by atoms with Crippen LogP contribution in [-0.4, -0.2) is 41.7 Å². The molecule has 0 atom stereocenters. The van der Waals surface area contributed by atoms with Crippen molar-refractivity contribution >= 4 is 63.4 Å². The molecule has 0 N–H and O–H groups in total. The summed E-state index contributed by atoms with van der Waals surface area (Å²) in [5, 5.41) is 1.02. The highest BCUT2D eigenvalue weighted by Crippen LogP contribution is 2.54. The van der Waals surface area contributed by atoms with Crippen molar-refractivity contribution in [1.29, 1.82) is 0 Å². The monoisotopic (exact) mass is 447 g/mol. The summed E-state index contributed by atoms with van der Waals surface area (Å²) in [6.45, 7) is 0. The highest BCUT2D eigenvalue weighted by atomic mass is 32.2. The minimum Gasteiger partial charge on any atom is -0.300 e. The minimum atomic E-state index is -0.626. The van der Waals surface area contributed by atoms with Gasteiger partial charge in [-0.2, -0.15) is 0 Å². The van der Waals surface area contributed by atoms with Crippen LogP contribution in [0.25, 0.3) is 6.08 Å². The molecule has 5 rings (SSSR count). The average molecular weight is 448 g/mol. The number of para-hydroxylation sites is 2. The second-order valence-electron chi connectivity index (χ2n) is 7.13. The minimum absolute atomic E-state index is 0.0167. The van der Waals surface area contributed by atoms with E-state index in [2.05, 4.69) is 29.2 Å². The second-order valence-corrected chi connectivity index (χ2v) is 9.27. The zero-order valence-corrected chi connectivity index (χ0v) is 18.4. The number of hydrogen-bond acceptors (Lipinski definition) is 6. The van der Waals surface area contributed by atoms with Crippen molar-refractivity contribution in [2.24, 2.45) is 0 Å². The molecule has 3 heterocycles. The number of thiophene rings is 1. The molecule has 1 fully saturated rings. The molecule has 1 saturated heterocycles. The van der Waals surface area contributed by atoms with E-state index < -0.39 is 17.8 Å². The van der Waals surface area contributed by atoms with E-state index in [0.29, 0.717) is 0 Å². The topological polar surface area (TPSA) is 60.9 Å². The van der Waals surface area contributed by atoms with Crippen LogP contribution < -0.4 is 4.90 Å². The van der Waals surface area contributed by atoms with Gasteiger partial charge in [0.25, 0.3) is 11.8 Å². The molecule has 0 radical (unpaired) electrons. The first-order valence-electron chi connectivity index (χ1n) is 9.53. The van der Waals surface area contributed by atoms with Crippen molar-refractivity contribution in [3.8, 4) is 0 Å². The number of benzene rings is 2. The van der Waals surface area contributed by atoms with Crippen molar-refractivity contribution in [3.63, 3.8) is 0 Å². The molecular weight excluding hydrogens is 430 g/mol. The largest absolute Gasteiger partial charge is 0.333 e. The molecule has 154 valence electrons. The molecule has 4 amide bonds. The van der Waals surface area contributed by atoms with E-state index in [0.717, 1.165) is 40.8 Å². The van der Waals surface area contributed by atoms with Gasteiger partial charge in [0.1, 0.15) is 10.6 Å². The molecule has 2 aliphatic rings. The molecule has 0 unspecified atom stereocenters. The number of carbonyl (C=O) groups excluding carboxylic acids is 3. The number of urea groups is 1. The molecule has 0 aliphatic carbocycles. The van der Waals surface area contributed by atoms with Gasteiger partial charge in [-0.1, -0.05) is 42.1 Å². The summed E-state index contributed by atoms with van der Waals surface area (Å²) in [7, 11) is 2.76. The van der Waals surface area contributed by atoms with Crippen LogP contribution >= 0.6 is 23.1 Å². The lowest BCUT2D eigenvalue weighted by atomic mass is 10.1. The van der Waals surface area contributed by atoms with Crippen molar-refractivity contribution in [2.45, 2.75) is 9.79 Å². The number of imide groups is 2. The molecule has 2 aromatic carbocycles. The third-order valence-electron chi connectivity index (χ3n) is 5.17. The highest BCUT2D eigenvalue weighted by molar-refractivity contribution is 8.00. The van der Waals surface area contributed by atoms with Gasteiger partial charge < -0.3 is 0 Å². The Labute approximate surface area is 187 Å². The fourth-order valence-electron chi connectivity index (χ4n) is 3.59. The van der Waals surface area contributed by atoms with Crippen LogP contribution in [0.4, 0.5) is 21.2 Å². The van der Waals surface area contributed by atoms with Crippen LogP contribution in [0.1, 0.15) is 4.88 Å². The number of hydrogen-bond donors (Lipinski definition) is 0. The lowest BCUT2D eigenvalue weighted by molar-refractivity contribution is -0.134.